The molecule has 0 amide bonds. The third-order valence-corrected chi connectivity index (χ3v) is 2.73. The highest BCUT2D eigenvalue weighted by atomic mass is 35.5. The van der Waals surface area contributed by atoms with Gasteiger partial charge in [0.1, 0.15) is 0 Å². The standard InChI is InChI=1S/C11H13ClO2/c1-7-8(2)14-11(13-7)9-3-5-10(12)6-4-9/h3-8,11H,1-2H3/t7-,8-/m1/s1. The summed E-state index contributed by atoms with van der Waals surface area (Å²) in [4.78, 5) is 0. The zero-order valence-electron chi connectivity index (χ0n) is 8.24. The minimum atomic E-state index is -0.239. The first kappa shape index (κ1) is 9.97. The second-order valence-electron chi connectivity index (χ2n) is 3.57. The van der Waals surface area contributed by atoms with Crippen LogP contribution in [0.3, 0.4) is 0 Å². The third-order valence-electron chi connectivity index (χ3n) is 2.48. The molecule has 1 aliphatic rings. The lowest BCUT2D eigenvalue weighted by atomic mass is 10.2. The summed E-state index contributed by atoms with van der Waals surface area (Å²) in [7, 11) is 0. The first-order chi connectivity index (χ1) is 6.66. The second-order valence-corrected chi connectivity index (χ2v) is 4.00. The van der Waals surface area contributed by atoms with Gasteiger partial charge in [0.15, 0.2) is 6.29 Å². The summed E-state index contributed by atoms with van der Waals surface area (Å²) in [5, 5.41) is 0.729. The molecule has 0 spiro atoms. The van der Waals surface area contributed by atoms with Crippen LogP contribution in [0.25, 0.3) is 0 Å². The number of ether oxygens (including phenoxy) is 2. The van der Waals surface area contributed by atoms with E-state index in [1.807, 2.05) is 38.1 Å². The molecule has 0 aromatic heterocycles. The van der Waals surface area contributed by atoms with Gasteiger partial charge in [-0.2, -0.15) is 0 Å². The molecule has 1 aromatic rings. The molecule has 0 unspecified atom stereocenters. The van der Waals surface area contributed by atoms with E-state index in [2.05, 4.69) is 0 Å². The minimum absolute atomic E-state index is 0.149. The largest absolute Gasteiger partial charge is 0.343 e. The van der Waals surface area contributed by atoms with Crippen LogP contribution in [0.2, 0.25) is 5.02 Å². The van der Waals surface area contributed by atoms with Crippen LogP contribution < -0.4 is 0 Å². The lowest BCUT2D eigenvalue weighted by Crippen LogP contribution is -2.13. The van der Waals surface area contributed by atoms with E-state index in [-0.39, 0.29) is 18.5 Å². The first-order valence-electron chi connectivity index (χ1n) is 4.73. The maximum atomic E-state index is 5.79. The van der Waals surface area contributed by atoms with Crippen molar-refractivity contribution in [2.75, 3.05) is 0 Å². The Morgan fingerprint density at radius 1 is 1.00 bits per heavy atom. The lowest BCUT2D eigenvalue weighted by molar-refractivity contribution is -0.0652. The van der Waals surface area contributed by atoms with Gasteiger partial charge in [-0.1, -0.05) is 23.7 Å². The van der Waals surface area contributed by atoms with E-state index in [1.54, 1.807) is 0 Å². The van der Waals surface area contributed by atoms with E-state index in [9.17, 15) is 0 Å². The van der Waals surface area contributed by atoms with Gasteiger partial charge in [0.2, 0.25) is 0 Å². The summed E-state index contributed by atoms with van der Waals surface area (Å²) < 4.78 is 11.3. The normalized spacial score (nSPS) is 28.2. The van der Waals surface area contributed by atoms with Crippen molar-refractivity contribution < 1.29 is 9.47 Å². The van der Waals surface area contributed by atoms with Crippen molar-refractivity contribution in [3.8, 4) is 0 Å². The van der Waals surface area contributed by atoms with Crippen molar-refractivity contribution in [1.82, 2.24) is 0 Å². The zero-order valence-corrected chi connectivity index (χ0v) is 8.99. The Balaban J connectivity index is 2.13. The molecule has 2 rings (SSSR count). The van der Waals surface area contributed by atoms with Crippen molar-refractivity contribution in [1.29, 1.82) is 0 Å². The van der Waals surface area contributed by atoms with Crippen molar-refractivity contribution in [2.45, 2.75) is 32.3 Å². The lowest BCUT2D eigenvalue weighted by Gasteiger charge is -2.09. The quantitative estimate of drug-likeness (QED) is 0.712. The van der Waals surface area contributed by atoms with Crippen LogP contribution in [-0.4, -0.2) is 12.2 Å². The van der Waals surface area contributed by atoms with E-state index >= 15 is 0 Å². The van der Waals surface area contributed by atoms with Gasteiger partial charge in [0, 0.05) is 10.6 Å². The van der Waals surface area contributed by atoms with Gasteiger partial charge in [-0.3, -0.25) is 0 Å². The summed E-state index contributed by atoms with van der Waals surface area (Å²) in [6, 6.07) is 7.55. The Morgan fingerprint density at radius 2 is 1.50 bits per heavy atom. The van der Waals surface area contributed by atoms with E-state index in [4.69, 9.17) is 21.1 Å². The van der Waals surface area contributed by atoms with Gasteiger partial charge in [0.05, 0.1) is 12.2 Å². The SMILES string of the molecule is C[C@H]1OC(c2ccc(Cl)cc2)O[C@@H]1C. The highest BCUT2D eigenvalue weighted by molar-refractivity contribution is 6.30. The number of halogens is 1. The molecule has 76 valence electrons. The smallest absolute Gasteiger partial charge is 0.184 e. The molecule has 2 atom stereocenters. The van der Waals surface area contributed by atoms with E-state index in [1.165, 1.54) is 0 Å². The van der Waals surface area contributed by atoms with E-state index in [0.29, 0.717) is 0 Å². The maximum absolute atomic E-state index is 5.79. The van der Waals surface area contributed by atoms with Crippen LogP contribution >= 0.6 is 11.6 Å². The van der Waals surface area contributed by atoms with Gasteiger partial charge in [-0.05, 0) is 26.0 Å². The molecule has 2 nitrogen and oxygen atoms in total. The molecule has 14 heavy (non-hydrogen) atoms. The van der Waals surface area contributed by atoms with Crippen molar-refractivity contribution >= 4 is 11.6 Å². The van der Waals surface area contributed by atoms with Gasteiger partial charge >= 0.3 is 0 Å². The molecule has 0 saturated carbocycles. The fraction of sp³-hybridized carbons (Fsp3) is 0.455. The molecule has 1 aliphatic heterocycles. The number of hydrogen-bond donors (Lipinski definition) is 0. The maximum Gasteiger partial charge on any atom is 0.184 e. The zero-order chi connectivity index (χ0) is 10.1. The Morgan fingerprint density at radius 3 is 2.00 bits per heavy atom. The predicted molar refractivity (Wildman–Crippen MR) is 55.3 cm³/mol. The molecule has 1 aromatic carbocycles. The predicted octanol–water partition coefficient (Wildman–Crippen LogP) is 3.16. The van der Waals surface area contributed by atoms with Crippen LogP contribution in [0.1, 0.15) is 25.7 Å². The molecule has 1 heterocycles. The van der Waals surface area contributed by atoms with E-state index in [0.717, 1.165) is 10.6 Å². The van der Waals surface area contributed by atoms with Crippen molar-refractivity contribution in [3.63, 3.8) is 0 Å². The molecule has 3 heteroatoms. The van der Waals surface area contributed by atoms with Crippen LogP contribution in [0.15, 0.2) is 24.3 Å². The molecule has 0 N–H and O–H groups in total. The number of hydrogen-bond acceptors (Lipinski definition) is 2. The highest BCUT2D eigenvalue weighted by Gasteiger charge is 2.30. The minimum Gasteiger partial charge on any atom is -0.343 e. The molecular weight excluding hydrogens is 200 g/mol. The molecule has 0 aliphatic carbocycles. The summed E-state index contributed by atoms with van der Waals surface area (Å²) in [6.45, 7) is 4.03. The second kappa shape index (κ2) is 3.89. The van der Waals surface area contributed by atoms with Crippen LogP contribution in [0.4, 0.5) is 0 Å². The first-order valence-corrected chi connectivity index (χ1v) is 5.11. The van der Waals surface area contributed by atoms with Crippen LogP contribution in [-0.2, 0) is 9.47 Å². The molecule has 1 fully saturated rings. The van der Waals surface area contributed by atoms with E-state index < -0.39 is 0 Å². The summed E-state index contributed by atoms with van der Waals surface area (Å²) in [6.07, 6.45) is 0.0589. The Hall–Kier alpha value is -0.570. The monoisotopic (exact) mass is 212 g/mol. The van der Waals surface area contributed by atoms with Gasteiger partial charge in [0.25, 0.3) is 0 Å². The average molecular weight is 213 g/mol. The van der Waals surface area contributed by atoms with Gasteiger partial charge < -0.3 is 9.47 Å². The third kappa shape index (κ3) is 1.92. The van der Waals surface area contributed by atoms with Crippen LogP contribution in [0.5, 0.6) is 0 Å². The Bertz CT molecular complexity index is 300. The summed E-state index contributed by atoms with van der Waals surface area (Å²) >= 11 is 5.79. The van der Waals surface area contributed by atoms with Gasteiger partial charge in [-0.15, -0.1) is 0 Å². The Labute approximate surface area is 88.8 Å². The fourth-order valence-electron chi connectivity index (χ4n) is 1.42. The fourth-order valence-corrected chi connectivity index (χ4v) is 1.55. The molecular formula is C11H13ClO2. The number of benzene rings is 1. The number of rotatable bonds is 1. The molecule has 0 bridgehead atoms. The summed E-state index contributed by atoms with van der Waals surface area (Å²) in [5.41, 5.74) is 1.02. The summed E-state index contributed by atoms with van der Waals surface area (Å²) in [5.74, 6) is 0. The van der Waals surface area contributed by atoms with Crippen molar-refractivity contribution in [3.05, 3.63) is 34.9 Å². The van der Waals surface area contributed by atoms with Gasteiger partial charge in [-0.25, -0.2) is 0 Å². The topological polar surface area (TPSA) is 18.5 Å². The highest BCUT2D eigenvalue weighted by Crippen LogP contribution is 2.31. The average Bonchev–Trinajstić information content (AvgIpc) is 2.48. The van der Waals surface area contributed by atoms with Crippen LogP contribution in [0, 0.1) is 0 Å². The van der Waals surface area contributed by atoms with Crippen molar-refractivity contribution in [2.24, 2.45) is 0 Å². The molecule has 1 saturated heterocycles. The Kier molecular flexibility index (Phi) is 2.77. The molecule has 0 radical (unpaired) electrons.